The first-order valence-electron chi connectivity index (χ1n) is 8.48. The predicted octanol–water partition coefficient (Wildman–Crippen LogP) is 1.51. The zero-order valence-electron chi connectivity index (χ0n) is 13.6. The fourth-order valence-corrected chi connectivity index (χ4v) is 3.36. The van der Waals surface area contributed by atoms with Crippen molar-refractivity contribution in [3.05, 3.63) is 18.0 Å². The minimum Gasteiger partial charge on any atom is -0.348 e. The quantitative estimate of drug-likeness (QED) is 0.886. The first-order chi connectivity index (χ1) is 11.1. The van der Waals surface area contributed by atoms with Crippen LogP contribution in [0.1, 0.15) is 44.3 Å². The number of hydrogen-bond donors (Lipinski definition) is 2. The zero-order chi connectivity index (χ0) is 16.2. The Balaban J connectivity index is 1.46. The van der Waals surface area contributed by atoms with Gasteiger partial charge in [-0.05, 0) is 38.7 Å². The molecule has 3 rings (SSSR count). The molecule has 1 aromatic rings. The summed E-state index contributed by atoms with van der Waals surface area (Å²) >= 11 is 0. The van der Waals surface area contributed by atoms with Crippen molar-refractivity contribution in [1.29, 1.82) is 0 Å². The van der Waals surface area contributed by atoms with Gasteiger partial charge in [0, 0.05) is 38.3 Å². The van der Waals surface area contributed by atoms with E-state index in [1.807, 2.05) is 22.8 Å². The number of hydrogen-bond acceptors (Lipinski definition) is 3. The summed E-state index contributed by atoms with van der Waals surface area (Å²) in [5.41, 5.74) is 0.903. The van der Waals surface area contributed by atoms with E-state index in [2.05, 4.69) is 15.5 Å². The maximum Gasteiger partial charge on any atom is 0.319 e. The summed E-state index contributed by atoms with van der Waals surface area (Å²) in [7, 11) is 0. The van der Waals surface area contributed by atoms with E-state index in [1.165, 1.54) is 0 Å². The van der Waals surface area contributed by atoms with Gasteiger partial charge in [-0.25, -0.2) is 4.79 Å². The van der Waals surface area contributed by atoms with E-state index in [4.69, 9.17) is 0 Å². The molecule has 2 fully saturated rings. The summed E-state index contributed by atoms with van der Waals surface area (Å²) in [5, 5.41) is 9.81. The van der Waals surface area contributed by atoms with Crippen LogP contribution in [0, 0.1) is 5.92 Å². The smallest absolute Gasteiger partial charge is 0.319 e. The highest BCUT2D eigenvalue weighted by Crippen LogP contribution is 2.21. The molecule has 2 saturated heterocycles. The Labute approximate surface area is 136 Å². The number of rotatable bonds is 3. The number of amides is 3. The molecule has 0 saturated carbocycles. The standard InChI is InChI=1S/C16H25N5O2/c1-12(14-4-7-17-19-14)18-15(22)13-5-10-21(11-6-13)16(23)20-8-2-3-9-20/h4,7,12-13H,2-3,5-6,8-11H2,1H3,(H,17,19)(H,18,22). The van der Waals surface area contributed by atoms with Gasteiger partial charge in [0.2, 0.25) is 5.91 Å². The van der Waals surface area contributed by atoms with Crippen LogP contribution in [0.15, 0.2) is 12.3 Å². The second-order valence-electron chi connectivity index (χ2n) is 6.48. The highest BCUT2D eigenvalue weighted by atomic mass is 16.2. The fourth-order valence-electron chi connectivity index (χ4n) is 3.36. The zero-order valence-corrected chi connectivity index (χ0v) is 13.6. The molecule has 0 radical (unpaired) electrons. The highest BCUT2D eigenvalue weighted by molar-refractivity contribution is 5.80. The van der Waals surface area contributed by atoms with E-state index < -0.39 is 0 Å². The number of carbonyl (C=O) groups is 2. The molecule has 1 atom stereocenters. The predicted molar refractivity (Wildman–Crippen MR) is 85.6 cm³/mol. The normalized spacial score (nSPS) is 20.6. The van der Waals surface area contributed by atoms with Crippen molar-refractivity contribution in [2.24, 2.45) is 5.92 Å². The van der Waals surface area contributed by atoms with E-state index in [-0.39, 0.29) is 23.9 Å². The summed E-state index contributed by atoms with van der Waals surface area (Å²) in [6.45, 7) is 5.04. The molecule has 0 spiro atoms. The van der Waals surface area contributed by atoms with Gasteiger partial charge in [0.15, 0.2) is 0 Å². The van der Waals surface area contributed by atoms with Crippen LogP contribution in [0.4, 0.5) is 4.79 Å². The number of urea groups is 1. The molecule has 1 aromatic heterocycles. The van der Waals surface area contributed by atoms with Crippen LogP contribution in [0.3, 0.4) is 0 Å². The molecule has 1 unspecified atom stereocenters. The number of likely N-dealkylation sites (tertiary alicyclic amines) is 2. The van der Waals surface area contributed by atoms with Gasteiger partial charge >= 0.3 is 6.03 Å². The maximum atomic E-state index is 12.4. The number of piperidine rings is 1. The van der Waals surface area contributed by atoms with Crippen molar-refractivity contribution in [3.63, 3.8) is 0 Å². The van der Waals surface area contributed by atoms with Gasteiger partial charge < -0.3 is 15.1 Å². The van der Waals surface area contributed by atoms with Gasteiger partial charge in [-0.2, -0.15) is 5.10 Å². The molecule has 126 valence electrons. The first kappa shape index (κ1) is 15.8. The average Bonchev–Trinajstić information content (AvgIpc) is 3.27. The van der Waals surface area contributed by atoms with Crippen LogP contribution in [0.2, 0.25) is 0 Å². The van der Waals surface area contributed by atoms with Gasteiger partial charge in [0.1, 0.15) is 0 Å². The topological polar surface area (TPSA) is 81.3 Å². The Morgan fingerprint density at radius 3 is 2.48 bits per heavy atom. The molecule has 7 heteroatoms. The minimum absolute atomic E-state index is 0.0111. The Bertz CT molecular complexity index is 531. The van der Waals surface area contributed by atoms with Crippen LogP contribution in [-0.4, -0.2) is 58.1 Å². The monoisotopic (exact) mass is 319 g/mol. The first-order valence-corrected chi connectivity index (χ1v) is 8.48. The third-order valence-electron chi connectivity index (χ3n) is 4.86. The molecule has 7 nitrogen and oxygen atoms in total. The SMILES string of the molecule is CC(NC(=O)C1CCN(C(=O)N2CCCC2)CC1)c1ccn[nH]1. The minimum atomic E-state index is -0.0748. The largest absolute Gasteiger partial charge is 0.348 e. The lowest BCUT2D eigenvalue weighted by molar-refractivity contribution is -0.127. The molecule has 0 bridgehead atoms. The molecule has 2 N–H and O–H groups in total. The molecule has 2 aliphatic heterocycles. The number of H-pyrrole nitrogens is 1. The summed E-state index contributed by atoms with van der Waals surface area (Å²) in [4.78, 5) is 28.6. The molecule has 3 amide bonds. The van der Waals surface area contributed by atoms with Crippen molar-refractivity contribution < 1.29 is 9.59 Å². The molecule has 2 aliphatic rings. The lowest BCUT2D eigenvalue weighted by Gasteiger charge is -2.34. The van der Waals surface area contributed by atoms with Crippen LogP contribution in [0.5, 0.6) is 0 Å². The van der Waals surface area contributed by atoms with Gasteiger partial charge in [-0.15, -0.1) is 0 Å². The third-order valence-corrected chi connectivity index (χ3v) is 4.86. The maximum absolute atomic E-state index is 12.4. The summed E-state index contributed by atoms with van der Waals surface area (Å²) in [6.07, 6.45) is 5.37. The lowest BCUT2D eigenvalue weighted by atomic mass is 9.95. The fraction of sp³-hybridized carbons (Fsp3) is 0.688. The number of carbonyl (C=O) groups excluding carboxylic acids is 2. The number of aromatic amines is 1. The Kier molecular flexibility index (Phi) is 4.83. The molecular weight excluding hydrogens is 294 g/mol. The van der Waals surface area contributed by atoms with Crippen molar-refractivity contribution in [3.8, 4) is 0 Å². The molecule has 3 heterocycles. The van der Waals surface area contributed by atoms with Gasteiger partial charge in [-0.3, -0.25) is 9.89 Å². The summed E-state index contributed by atoms with van der Waals surface area (Å²) in [6, 6.07) is 1.93. The van der Waals surface area contributed by atoms with E-state index in [0.29, 0.717) is 13.1 Å². The second kappa shape index (κ2) is 7.02. The average molecular weight is 319 g/mol. The van der Waals surface area contributed by atoms with Crippen LogP contribution in [-0.2, 0) is 4.79 Å². The van der Waals surface area contributed by atoms with Crippen LogP contribution in [0.25, 0.3) is 0 Å². The number of nitrogens with zero attached hydrogens (tertiary/aromatic N) is 3. The van der Waals surface area contributed by atoms with Crippen molar-refractivity contribution in [2.75, 3.05) is 26.2 Å². The number of nitrogens with one attached hydrogen (secondary N) is 2. The Hall–Kier alpha value is -2.05. The molecule has 0 aromatic carbocycles. The van der Waals surface area contributed by atoms with Crippen molar-refractivity contribution in [2.45, 2.75) is 38.6 Å². The van der Waals surface area contributed by atoms with E-state index in [0.717, 1.165) is 44.5 Å². The van der Waals surface area contributed by atoms with E-state index in [9.17, 15) is 9.59 Å². The molecule has 23 heavy (non-hydrogen) atoms. The number of aromatic nitrogens is 2. The van der Waals surface area contributed by atoms with Crippen LogP contribution >= 0.6 is 0 Å². The second-order valence-corrected chi connectivity index (χ2v) is 6.48. The van der Waals surface area contributed by atoms with E-state index >= 15 is 0 Å². The Morgan fingerprint density at radius 2 is 1.87 bits per heavy atom. The highest BCUT2D eigenvalue weighted by Gasteiger charge is 2.30. The lowest BCUT2D eigenvalue weighted by Crippen LogP contribution is -2.47. The molecule has 0 aliphatic carbocycles. The summed E-state index contributed by atoms with van der Waals surface area (Å²) in [5.74, 6) is 0.0587. The van der Waals surface area contributed by atoms with Gasteiger partial charge in [0.05, 0.1) is 11.7 Å². The van der Waals surface area contributed by atoms with Crippen molar-refractivity contribution in [1.82, 2.24) is 25.3 Å². The summed E-state index contributed by atoms with van der Waals surface area (Å²) < 4.78 is 0. The third kappa shape index (κ3) is 3.65. The van der Waals surface area contributed by atoms with Gasteiger partial charge in [0.25, 0.3) is 0 Å². The Morgan fingerprint density at radius 1 is 1.22 bits per heavy atom. The van der Waals surface area contributed by atoms with E-state index in [1.54, 1.807) is 6.20 Å². The van der Waals surface area contributed by atoms with Crippen LogP contribution < -0.4 is 5.32 Å². The molecular formula is C16H25N5O2. The van der Waals surface area contributed by atoms with Gasteiger partial charge in [-0.1, -0.05) is 0 Å². The van der Waals surface area contributed by atoms with Crippen molar-refractivity contribution >= 4 is 11.9 Å².